The average molecular weight is 604 g/mol. The van der Waals surface area contributed by atoms with E-state index in [1.54, 1.807) is 0 Å². The van der Waals surface area contributed by atoms with Crippen molar-refractivity contribution in [3.05, 3.63) is 180 Å². The van der Waals surface area contributed by atoms with Crippen LogP contribution in [-0.2, 0) is 6.42 Å². The molecule has 0 aliphatic heterocycles. The Morgan fingerprint density at radius 3 is 1.79 bits per heavy atom. The molecule has 9 rings (SSSR count). The van der Waals surface area contributed by atoms with Crippen LogP contribution >= 0.6 is 0 Å². The van der Waals surface area contributed by atoms with Gasteiger partial charge in [-0.25, -0.2) is 15.0 Å². The Morgan fingerprint density at radius 1 is 0.468 bits per heavy atom. The third-order valence-electron chi connectivity index (χ3n) is 9.09. The zero-order chi connectivity index (χ0) is 31.2. The number of hydrogen-bond acceptors (Lipinski definition) is 4. The van der Waals surface area contributed by atoms with Crippen molar-refractivity contribution in [2.75, 3.05) is 0 Å². The molecule has 0 saturated carbocycles. The first-order valence-electron chi connectivity index (χ1n) is 16.0. The molecule has 2 aromatic heterocycles. The van der Waals surface area contributed by atoms with Gasteiger partial charge in [-0.2, -0.15) is 0 Å². The van der Waals surface area contributed by atoms with Crippen LogP contribution in [0.25, 0.3) is 61.2 Å². The van der Waals surface area contributed by atoms with Crippen molar-refractivity contribution < 1.29 is 4.42 Å². The van der Waals surface area contributed by atoms with Crippen LogP contribution < -0.4 is 0 Å². The molecule has 0 unspecified atom stereocenters. The van der Waals surface area contributed by atoms with E-state index in [0.717, 1.165) is 51.0 Å². The molecule has 0 N–H and O–H groups in total. The first-order chi connectivity index (χ1) is 23.3. The molecule has 0 bridgehead atoms. The van der Waals surface area contributed by atoms with Gasteiger partial charge >= 0.3 is 0 Å². The molecule has 8 aromatic rings. The second kappa shape index (κ2) is 11.3. The smallest absolute Gasteiger partial charge is 0.164 e. The van der Waals surface area contributed by atoms with Crippen LogP contribution in [0.1, 0.15) is 28.6 Å². The summed E-state index contributed by atoms with van der Waals surface area (Å²) in [5.41, 5.74) is 8.36. The Balaban J connectivity index is 1.25. The van der Waals surface area contributed by atoms with Gasteiger partial charge in [-0.05, 0) is 33.5 Å². The van der Waals surface area contributed by atoms with Crippen LogP contribution in [0, 0.1) is 0 Å². The summed E-state index contributed by atoms with van der Waals surface area (Å²) in [5, 5.41) is 3.54. The molecule has 0 amide bonds. The molecule has 1 atom stereocenters. The Kier molecular flexibility index (Phi) is 6.57. The van der Waals surface area contributed by atoms with Crippen molar-refractivity contribution in [3.63, 3.8) is 0 Å². The summed E-state index contributed by atoms with van der Waals surface area (Å²) in [7, 11) is 0. The number of benzene rings is 6. The molecule has 0 radical (unpaired) electrons. The Bertz CT molecular complexity index is 2420. The Morgan fingerprint density at radius 2 is 1.02 bits per heavy atom. The topological polar surface area (TPSA) is 51.8 Å². The zero-order valence-corrected chi connectivity index (χ0v) is 25.5. The van der Waals surface area contributed by atoms with Gasteiger partial charge in [-0.1, -0.05) is 152 Å². The Hall–Kier alpha value is -6.13. The lowest BCUT2D eigenvalue weighted by molar-refractivity contribution is 0.532. The van der Waals surface area contributed by atoms with Gasteiger partial charge < -0.3 is 4.42 Å². The predicted molar refractivity (Wildman–Crippen MR) is 190 cm³/mol. The number of allylic oxidation sites excluding steroid dienone is 1. The minimum absolute atomic E-state index is 0.0784. The highest BCUT2D eigenvalue weighted by atomic mass is 16.3. The molecule has 0 saturated heterocycles. The fourth-order valence-corrected chi connectivity index (χ4v) is 6.82. The van der Waals surface area contributed by atoms with Crippen molar-refractivity contribution in [1.29, 1.82) is 0 Å². The van der Waals surface area contributed by atoms with Crippen molar-refractivity contribution >= 4 is 27.3 Å². The number of para-hydroxylation sites is 1. The van der Waals surface area contributed by atoms with Gasteiger partial charge in [-0.15, -0.1) is 0 Å². The molecule has 47 heavy (non-hydrogen) atoms. The van der Waals surface area contributed by atoms with Crippen molar-refractivity contribution in [2.24, 2.45) is 0 Å². The molecule has 0 spiro atoms. The second-order valence-electron chi connectivity index (χ2n) is 12.0. The highest BCUT2D eigenvalue weighted by Gasteiger charge is 2.30. The van der Waals surface area contributed by atoms with Gasteiger partial charge in [0, 0.05) is 40.0 Å². The van der Waals surface area contributed by atoms with E-state index >= 15 is 0 Å². The van der Waals surface area contributed by atoms with Crippen LogP contribution in [0.5, 0.6) is 0 Å². The predicted octanol–water partition coefficient (Wildman–Crippen LogP) is 10.5. The van der Waals surface area contributed by atoms with Crippen LogP contribution in [0.15, 0.2) is 162 Å². The van der Waals surface area contributed by atoms with Crippen molar-refractivity contribution in [2.45, 2.75) is 12.3 Å². The summed E-state index contributed by atoms with van der Waals surface area (Å²) in [4.78, 5) is 15.4. The number of aromatic nitrogens is 3. The van der Waals surface area contributed by atoms with Gasteiger partial charge in [0.25, 0.3) is 0 Å². The number of nitrogens with zero attached hydrogens (tertiary/aromatic N) is 3. The van der Waals surface area contributed by atoms with Crippen molar-refractivity contribution in [3.8, 4) is 33.9 Å². The first kappa shape index (κ1) is 27.2. The Labute approximate surface area is 272 Å². The van der Waals surface area contributed by atoms with E-state index in [2.05, 4.69) is 109 Å². The summed E-state index contributed by atoms with van der Waals surface area (Å²) >= 11 is 0. The fraction of sp³-hybridized carbons (Fsp3) is 0.0465. The molecule has 222 valence electrons. The lowest BCUT2D eigenvalue weighted by Gasteiger charge is -2.22. The number of furan rings is 1. The molecule has 4 nitrogen and oxygen atoms in total. The third-order valence-corrected chi connectivity index (χ3v) is 9.09. The lowest BCUT2D eigenvalue weighted by atomic mass is 9.82. The molecule has 1 aliphatic rings. The van der Waals surface area contributed by atoms with E-state index in [-0.39, 0.29) is 5.92 Å². The fourth-order valence-electron chi connectivity index (χ4n) is 6.82. The van der Waals surface area contributed by atoms with Gasteiger partial charge in [0.2, 0.25) is 0 Å². The molecule has 6 aromatic carbocycles. The average Bonchev–Trinajstić information content (AvgIpc) is 3.53. The van der Waals surface area contributed by atoms with Gasteiger partial charge in [0.15, 0.2) is 17.5 Å². The largest absolute Gasteiger partial charge is 0.460 e. The second-order valence-corrected chi connectivity index (χ2v) is 12.0. The maximum absolute atomic E-state index is 6.58. The normalized spacial score (nSPS) is 14.2. The van der Waals surface area contributed by atoms with E-state index in [4.69, 9.17) is 19.4 Å². The molecule has 2 heterocycles. The molecule has 0 fully saturated rings. The van der Waals surface area contributed by atoms with E-state index < -0.39 is 0 Å². The van der Waals surface area contributed by atoms with E-state index in [1.807, 2.05) is 48.5 Å². The summed E-state index contributed by atoms with van der Waals surface area (Å²) in [5.74, 6) is 2.95. The van der Waals surface area contributed by atoms with Crippen LogP contribution in [0.2, 0.25) is 0 Å². The minimum Gasteiger partial charge on any atom is -0.460 e. The van der Waals surface area contributed by atoms with Crippen LogP contribution in [0.3, 0.4) is 0 Å². The summed E-state index contributed by atoms with van der Waals surface area (Å²) in [6.45, 7) is 0. The lowest BCUT2D eigenvalue weighted by Crippen LogP contribution is -2.11. The van der Waals surface area contributed by atoms with Gasteiger partial charge in [0.1, 0.15) is 11.3 Å². The standard InChI is InChI=1S/C43H29N3O/c1-3-12-28(13-4-1)29-22-24-32(25-23-29)42-44-41(31-15-5-2-6-16-31)45-43(46-42)37-26-33(35-20-11-17-30-14-7-8-18-34(30)35)27-39-40(37)36-19-9-10-21-38(36)47-39/h1-26,33H,27H2/t33-/m1/s1. The zero-order valence-electron chi connectivity index (χ0n) is 25.5. The van der Waals surface area contributed by atoms with E-state index in [1.165, 1.54) is 21.9 Å². The van der Waals surface area contributed by atoms with Crippen LogP contribution in [-0.4, -0.2) is 15.0 Å². The SMILES string of the molecule is C1=C(c2nc(-c3ccccc3)nc(-c3ccc(-c4ccccc4)cc3)n2)c2c(oc3ccccc23)C[C@@H]1c1cccc2ccccc12. The van der Waals surface area contributed by atoms with Gasteiger partial charge in [-0.3, -0.25) is 0 Å². The van der Waals surface area contributed by atoms with Crippen LogP contribution in [0.4, 0.5) is 0 Å². The highest BCUT2D eigenvalue weighted by molar-refractivity contribution is 5.98. The number of fused-ring (bicyclic) bond motifs is 4. The quantitative estimate of drug-likeness (QED) is 0.196. The summed E-state index contributed by atoms with van der Waals surface area (Å²) in [6.07, 6.45) is 3.10. The molecular formula is C43H29N3O. The molecule has 4 heteroatoms. The number of rotatable bonds is 5. The molecular weight excluding hydrogens is 574 g/mol. The van der Waals surface area contributed by atoms with Crippen molar-refractivity contribution in [1.82, 2.24) is 15.0 Å². The summed E-state index contributed by atoms with van der Waals surface area (Å²) in [6, 6.07) is 52.4. The van der Waals surface area contributed by atoms with E-state index in [9.17, 15) is 0 Å². The highest BCUT2D eigenvalue weighted by Crippen LogP contribution is 2.44. The summed E-state index contributed by atoms with van der Waals surface area (Å²) < 4.78 is 6.58. The maximum atomic E-state index is 6.58. The maximum Gasteiger partial charge on any atom is 0.164 e. The first-order valence-corrected chi connectivity index (χ1v) is 16.0. The van der Waals surface area contributed by atoms with E-state index in [0.29, 0.717) is 17.5 Å². The third kappa shape index (κ3) is 4.91. The minimum atomic E-state index is 0.0784. The van der Waals surface area contributed by atoms with Gasteiger partial charge in [0.05, 0.1) is 0 Å². The molecule has 1 aliphatic carbocycles. The number of hydrogen-bond donors (Lipinski definition) is 0. The monoisotopic (exact) mass is 603 g/mol.